The molecule has 0 heterocycles. The van der Waals surface area contributed by atoms with Crippen LogP contribution in [0.4, 0.5) is 0 Å². The van der Waals surface area contributed by atoms with Gasteiger partial charge in [-0.25, -0.2) is 0 Å². The van der Waals surface area contributed by atoms with Gasteiger partial charge in [0.15, 0.2) is 0 Å². The van der Waals surface area contributed by atoms with Crippen LogP contribution in [0.2, 0.25) is 0 Å². The summed E-state index contributed by atoms with van der Waals surface area (Å²) in [5.74, 6) is 0.916. The maximum atomic E-state index is 5.96. The van der Waals surface area contributed by atoms with E-state index in [9.17, 15) is 0 Å². The summed E-state index contributed by atoms with van der Waals surface area (Å²) in [5, 5.41) is 3.14. The summed E-state index contributed by atoms with van der Waals surface area (Å²) >= 11 is 0. The lowest BCUT2D eigenvalue weighted by Crippen LogP contribution is -2.06. The summed E-state index contributed by atoms with van der Waals surface area (Å²) in [6.45, 7) is 2.93. The van der Waals surface area contributed by atoms with Crippen molar-refractivity contribution in [2.75, 3.05) is 7.05 Å². The molecule has 2 aromatic rings. The monoisotopic (exact) mass is 241 g/mol. The van der Waals surface area contributed by atoms with Crippen molar-refractivity contribution in [3.05, 3.63) is 65.7 Å². The number of rotatable bonds is 5. The van der Waals surface area contributed by atoms with Crippen LogP contribution in [-0.4, -0.2) is 7.05 Å². The Morgan fingerprint density at radius 2 is 1.83 bits per heavy atom. The molecule has 0 radical (unpaired) electrons. The highest BCUT2D eigenvalue weighted by Crippen LogP contribution is 2.22. The van der Waals surface area contributed by atoms with E-state index in [1.165, 1.54) is 11.1 Å². The molecular weight excluding hydrogens is 222 g/mol. The van der Waals surface area contributed by atoms with Crippen molar-refractivity contribution < 1.29 is 4.74 Å². The molecule has 0 fully saturated rings. The molecule has 2 heteroatoms. The fraction of sp³-hybridized carbons (Fsp3) is 0.250. The Labute approximate surface area is 109 Å². The summed E-state index contributed by atoms with van der Waals surface area (Å²) < 4.78 is 5.96. The molecule has 0 amide bonds. The Morgan fingerprint density at radius 1 is 1.06 bits per heavy atom. The van der Waals surface area contributed by atoms with Crippen LogP contribution in [-0.2, 0) is 6.54 Å². The van der Waals surface area contributed by atoms with Crippen LogP contribution in [0.25, 0.3) is 0 Å². The van der Waals surface area contributed by atoms with E-state index in [2.05, 4.69) is 36.5 Å². The molecule has 0 aliphatic rings. The second-order valence-corrected chi connectivity index (χ2v) is 4.35. The van der Waals surface area contributed by atoms with Crippen LogP contribution in [0.15, 0.2) is 54.6 Å². The molecule has 1 N–H and O–H groups in total. The standard InChI is InChI=1S/C16H19NO/c1-13(15-8-4-3-5-9-15)18-16-10-6-7-14(11-16)12-17-2/h3-11,13,17H,12H2,1-2H3. The van der Waals surface area contributed by atoms with E-state index in [1.54, 1.807) is 0 Å². The first-order valence-electron chi connectivity index (χ1n) is 6.25. The molecule has 0 aliphatic heterocycles. The van der Waals surface area contributed by atoms with E-state index in [-0.39, 0.29) is 6.10 Å². The lowest BCUT2D eigenvalue weighted by atomic mass is 10.1. The van der Waals surface area contributed by atoms with Crippen molar-refractivity contribution >= 4 is 0 Å². The van der Waals surface area contributed by atoms with Crippen LogP contribution >= 0.6 is 0 Å². The van der Waals surface area contributed by atoms with Crippen LogP contribution in [0.3, 0.4) is 0 Å². The normalized spacial score (nSPS) is 12.1. The zero-order valence-electron chi connectivity index (χ0n) is 10.9. The number of hydrogen-bond acceptors (Lipinski definition) is 2. The van der Waals surface area contributed by atoms with E-state index in [0.29, 0.717) is 0 Å². The molecule has 0 bridgehead atoms. The summed E-state index contributed by atoms with van der Waals surface area (Å²) in [4.78, 5) is 0. The molecule has 0 saturated carbocycles. The largest absolute Gasteiger partial charge is 0.486 e. The minimum atomic E-state index is 0.0658. The predicted molar refractivity (Wildman–Crippen MR) is 74.7 cm³/mol. The Hall–Kier alpha value is -1.80. The van der Waals surface area contributed by atoms with Gasteiger partial charge in [-0.1, -0.05) is 42.5 Å². The molecular formula is C16H19NO. The molecule has 94 valence electrons. The fourth-order valence-electron chi connectivity index (χ4n) is 1.93. The van der Waals surface area contributed by atoms with Gasteiger partial charge in [0.2, 0.25) is 0 Å². The summed E-state index contributed by atoms with van der Waals surface area (Å²) in [5.41, 5.74) is 2.42. The van der Waals surface area contributed by atoms with E-state index in [1.807, 2.05) is 37.4 Å². The van der Waals surface area contributed by atoms with Crippen molar-refractivity contribution in [3.63, 3.8) is 0 Å². The van der Waals surface area contributed by atoms with Crippen molar-refractivity contribution in [1.29, 1.82) is 0 Å². The highest BCUT2D eigenvalue weighted by atomic mass is 16.5. The molecule has 0 aromatic heterocycles. The lowest BCUT2D eigenvalue weighted by molar-refractivity contribution is 0.226. The zero-order valence-corrected chi connectivity index (χ0v) is 10.9. The lowest BCUT2D eigenvalue weighted by Gasteiger charge is -2.15. The van der Waals surface area contributed by atoms with Gasteiger partial charge in [-0.2, -0.15) is 0 Å². The molecule has 1 atom stereocenters. The molecule has 18 heavy (non-hydrogen) atoms. The Bertz CT molecular complexity index is 481. The van der Waals surface area contributed by atoms with E-state index < -0.39 is 0 Å². The third-order valence-corrected chi connectivity index (χ3v) is 2.86. The maximum Gasteiger partial charge on any atom is 0.121 e. The van der Waals surface area contributed by atoms with Crippen molar-refractivity contribution in [1.82, 2.24) is 5.32 Å². The summed E-state index contributed by atoms with van der Waals surface area (Å²) in [6.07, 6.45) is 0.0658. The summed E-state index contributed by atoms with van der Waals surface area (Å²) in [6, 6.07) is 18.5. The predicted octanol–water partition coefficient (Wildman–Crippen LogP) is 3.55. The SMILES string of the molecule is CNCc1cccc(OC(C)c2ccccc2)c1. The van der Waals surface area contributed by atoms with Gasteiger partial charge >= 0.3 is 0 Å². The van der Waals surface area contributed by atoms with Gasteiger partial charge in [0.25, 0.3) is 0 Å². The number of benzene rings is 2. The minimum Gasteiger partial charge on any atom is -0.486 e. The molecule has 0 saturated heterocycles. The average molecular weight is 241 g/mol. The Balaban J connectivity index is 2.07. The van der Waals surface area contributed by atoms with Crippen molar-refractivity contribution in [3.8, 4) is 5.75 Å². The molecule has 2 aromatic carbocycles. The van der Waals surface area contributed by atoms with Gasteiger partial charge in [0.05, 0.1) is 0 Å². The van der Waals surface area contributed by atoms with Crippen LogP contribution in [0.5, 0.6) is 5.75 Å². The van der Waals surface area contributed by atoms with Crippen molar-refractivity contribution in [2.24, 2.45) is 0 Å². The van der Waals surface area contributed by atoms with Crippen LogP contribution in [0.1, 0.15) is 24.2 Å². The first-order chi connectivity index (χ1) is 8.79. The number of hydrogen-bond donors (Lipinski definition) is 1. The van der Waals surface area contributed by atoms with Gasteiger partial charge in [-0.05, 0) is 37.2 Å². The molecule has 2 rings (SSSR count). The second kappa shape index (κ2) is 6.22. The number of ether oxygens (including phenoxy) is 1. The van der Waals surface area contributed by atoms with E-state index in [4.69, 9.17) is 4.74 Å². The number of nitrogens with one attached hydrogen (secondary N) is 1. The average Bonchev–Trinajstić information content (AvgIpc) is 2.40. The Morgan fingerprint density at radius 3 is 2.56 bits per heavy atom. The van der Waals surface area contributed by atoms with E-state index >= 15 is 0 Å². The molecule has 1 unspecified atom stereocenters. The smallest absolute Gasteiger partial charge is 0.121 e. The first-order valence-corrected chi connectivity index (χ1v) is 6.25. The highest BCUT2D eigenvalue weighted by molar-refractivity contribution is 5.29. The van der Waals surface area contributed by atoms with Gasteiger partial charge in [0, 0.05) is 6.54 Å². The third kappa shape index (κ3) is 3.34. The first kappa shape index (κ1) is 12.7. The highest BCUT2D eigenvalue weighted by Gasteiger charge is 2.06. The topological polar surface area (TPSA) is 21.3 Å². The van der Waals surface area contributed by atoms with Gasteiger partial charge in [-0.15, -0.1) is 0 Å². The molecule has 0 spiro atoms. The minimum absolute atomic E-state index is 0.0658. The van der Waals surface area contributed by atoms with Gasteiger partial charge < -0.3 is 10.1 Å². The van der Waals surface area contributed by atoms with Crippen LogP contribution in [0, 0.1) is 0 Å². The van der Waals surface area contributed by atoms with Gasteiger partial charge in [0.1, 0.15) is 11.9 Å². The fourth-order valence-corrected chi connectivity index (χ4v) is 1.93. The van der Waals surface area contributed by atoms with Gasteiger partial charge in [-0.3, -0.25) is 0 Å². The third-order valence-electron chi connectivity index (χ3n) is 2.86. The zero-order chi connectivity index (χ0) is 12.8. The maximum absolute atomic E-state index is 5.96. The quantitative estimate of drug-likeness (QED) is 0.864. The van der Waals surface area contributed by atoms with Crippen molar-refractivity contribution in [2.45, 2.75) is 19.6 Å². The van der Waals surface area contributed by atoms with E-state index in [0.717, 1.165) is 12.3 Å². The second-order valence-electron chi connectivity index (χ2n) is 4.35. The van der Waals surface area contributed by atoms with Crippen LogP contribution < -0.4 is 10.1 Å². The Kier molecular flexibility index (Phi) is 4.37. The molecule has 0 aliphatic carbocycles. The summed E-state index contributed by atoms with van der Waals surface area (Å²) in [7, 11) is 1.94. The molecule has 2 nitrogen and oxygen atoms in total.